The third-order valence-electron chi connectivity index (χ3n) is 0.998. The van der Waals surface area contributed by atoms with E-state index in [0.717, 1.165) is 0 Å². The van der Waals surface area contributed by atoms with Gasteiger partial charge in [-0.1, -0.05) is 0 Å². The van der Waals surface area contributed by atoms with E-state index in [1.54, 1.807) is 6.07 Å². The summed E-state index contributed by atoms with van der Waals surface area (Å²) in [6.45, 7) is 0. The molecule has 1 rings (SSSR count). The van der Waals surface area contributed by atoms with E-state index >= 15 is 0 Å². The van der Waals surface area contributed by atoms with E-state index in [2.05, 4.69) is 20.9 Å². The lowest BCUT2D eigenvalue weighted by molar-refractivity contribution is 0.611. The number of aromatic nitrogens is 1. The van der Waals surface area contributed by atoms with Crippen LogP contribution in [0.2, 0.25) is 0 Å². The number of nitrogens with zero attached hydrogens (tertiary/aromatic N) is 1. The van der Waals surface area contributed by atoms with E-state index in [4.69, 9.17) is 11.6 Å². The second-order valence-corrected chi connectivity index (χ2v) is 2.73. The van der Waals surface area contributed by atoms with E-state index in [1.165, 1.54) is 6.07 Å². The lowest BCUT2D eigenvalue weighted by Gasteiger charge is -1.95. The summed E-state index contributed by atoms with van der Waals surface area (Å²) in [7, 11) is 0. The summed E-state index contributed by atoms with van der Waals surface area (Å²) in [5.41, 5.74) is 0.662. The standard InChI is InChI=1S/C6H4BrClFN/c7-6-5(9)2-1-4(3-8)10-6/h1-2H,3H2. The highest BCUT2D eigenvalue weighted by atomic mass is 79.9. The Morgan fingerprint density at radius 2 is 2.30 bits per heavy atom. The minimum Gasteiger partial charge on any atom is -0.242 e. The lowest BCUT2D eigenvalue weighted by Crippen LogP contribution is -1.88. The molecule has 1 aromatic heterocycles. The minimum atomic E-state index is -0.367. The van der Waals surface area contributed by atoms with Crippen LogP contribution in [0.1, 0.15) is 5.69 Å². The molecule has 0 N–H and O–H groups in total. The van der Waals surface area contributed by atoms with Crippen LogP contribution in [0, 0.1) is 5.82 Å². The topological polar surface area (TPSA) is 12.9 Å². The van der Waals surface area contributed by atoms with Crippen LogP contribution in [0.25, 0.3) is 0 Å². The van der Waals surface area contributed by atoms with Crippen molar-refractivity contribution in [2.45, 2.75) is 5.88 Å². The summed E-state index contributed by atoms with van der Waals surface area (Å²) >= 11 is 8.39. The zero-order valence-corrected chi connectivity index (χ0v) is 7.28. The van der Waals surface area contributed by atoms with Crippen molar-refractivity contribution in [1.82, 2.24) is 4.98 Å². The molecule has 1 heterocycles. The van der Waals surface area contributed by atoms with Crippen LogP contribution in [0.5, 0.6) is 0 Å². The van der Waals surface area contributed by atoms with Gasteiger partial charge in [0.15, 0.2) is 5.82 Å². The van der Waals surface area contributed by atoms with Gasteiger partial charge >= 0.3 is 0 Å². The van der Waals surface area contributed by atoms with Crippen molar-refractivity contribution < 1.29 is 4.39 Å². The van der Waals surface area contributed by atoms with Crippen LogP contribution < -0.4 is 0 Å². The SMILES string of the molecule is Fc1ccc(CCl)nc1Br. The Hall–Kier alpha value is -0.150. The van der Waals surface area contributed by atoms with Gasteiger partial charge in [-0.05, 0) is 28.1 Å². The first-order valence-corrected chi connectivity index (χ1v) is 3.93. The molecular formula is C6H4BrClFN. The Morgan fingerprint density at radius 3 is 2.80 bits per heavy atom. The van der Waals surface area contributed by atoms with Gasteiger partial charge in [0.1, 0.15) is 4.60 Å². The quantitative estimate of drug-likeness (QED) is 0.528. The zero-order valence-electron chi connectivity index (χ0n) is 4.94. The van der Waals surface area contributed by atoms with Crippen LogP contribution in [0.15, 0.2) is 16.7 Å². The van der Waals surface area contributed by atoms with Gasteiger partial charge in [-0.2, -0.15) is 0 Å². The zero-order chi connectivity index (χ0) is 7.56. The average molecular weight is 224 g/mol. The lowest BCUT2D eigenvalue weighted by atomic mass is 10.4. The number of pyridine rings is 1. The van der Waals surface area contributed by atoms with Crippen LogP contribution in [-0.4, -0.2) is 4.98 Å². The van der Waals surface area contributed by atoms with Crippen LogP contribution in [0.4, 0.5) is 4.39 Å². The predicted molar refractivity (Wildman–Crippen MR) is 41.5 cm³/mol. The Kier molecular flexibility index (Phi) is 2.63. The fraction of sp³-hybridized carbons (Fsp3) is 0.167. The van der Waals surface area contributed by atoms with Crippen molar-refractivity contribution in [3.63, 3.8) is 0 Å². The number of hydrogen-bond donors (Lipinski definition) is 0. The molecule has 0 fully saturated rings. The highest BCUT2D eigenvalue weighted by Crippen LogP contribution is 2.12. The molecule has 1 nitrogen and oxygen atoms in total. The minimum absolute atomic E-state index is 0.214. The molecule has 0 aliphatic heterocycles. The predicted octanol–water partition coefficient (Wildman–Crippen LogP) is 2.72. The molecule has 0 unspecified atom stereocenters. The Bertz CT molecular complexity index is 241. The second-order valence-electron chi connectivity index (χ2n) is 1.71. The van der Waals surface area contributed by atoms with Gasteiger partial charge in [0, 0.05) is 0 Å². The van der Waals surface area contributed by atoms with Gasteiger partial charge in [0.2, 0.25) is 0 Å². The monoisotopic (exact) mass is 223 g/mol. The largest absolute Gasteiger partial charge is 0.242 e. The summed E-state index contributed by atoms with van der Waals surface area (Å²) in [5, 5.41) is 0. The smallest absolute Gasteiger partial charge is 0.155 e. The number of halogens is 3. The molecule has 0 spiro atoms. The molecule has 0 aromatic carbocycles. The molecule has 10 heavy (non-hydrogen) atoms. The van der Waals surface area contributed by atoms with E-state index in [0.29, 0.717) is 11.6 Å². The van der Waals surface area contributed by atoms with Crippen molar-refractivity contribution in [2.24, 2.45) is 0 Å². The van der Waals surface area contributed by atoms with Gasteiger partial charge in [0.05, 0.1) is 11.6 Å². The molecule has 1 aromatic rings. The first kappa shape index (κ1) is 7.95. The second kappa shape index (κ2) is 3.30. The van der Waals surface area contributed by atoms with Crippen molar-refractivity contribution in [1.29, 1.82) is 0 Å². The highest BCUT2D eigenvalue weighted by Gasteiger charge is 1.99. The third kappa shape index (κ3) is 1.67. The maximum atomic E-state index is 12.5. The molecule has 0 saturated carbocycles. The average Bonchev–Trinajstić information content (AvgIpc) is 1.95. The summed E-state index contributed by atoms with van der Waals surface area (Å²) in [6, 6.07) is 2.88. The molecule has 0 radical (unpaired) electrons. The maximum absolute atomic E-state index is 12.5. The third-order valence-corrected chi connectivity index (χ3v) is 1.83. The van der Waals surface area contributed by atoms with Crippen molar-refractivity contribution in [3.8, 4) is 0 Å². The van der Waals surface area contributed by atoms with Gasteiger partial charge in [-0.15, -0.1) is 11.6 Å². The van der Waals surface area contributed by atoms with Gasteiger partial charge < -0.3 is 0 Å². The molecular weight excluding hydrogens is 220 g/mol. The molecule has 54 valence electrons. The van der Waals surface area contributed by atoms with Crippen molar-refractivity contribution in [2.75, 3.05) is 0 Å². The first-order chi connectivity index (χ1) is 4.74. The molecule has 0 saturated heterocycles. The van der Waals surface area contributed by atoms with Crippen LogP contribution in [-0.2, 0) is 5.88 Å². The summed E-state index contributed by atoms with van der Waals surface area (Å²) in [5.74, 6) is -0.0623. The molecule has 0 aliphatic carbocycles. The van der Waals surface area contributed by atoms with Gasteiger partial charge in [-0.3, -0.25) is 0 Å². The maximum Gasteiger partial charge on any atom is 0.155 e. The molecule has 0 atom stereocenters. The van der Waals surface area contributed by atoms with E-state index in [9.17, 15) is 4.39 Å². The Labute approximate surface area is 71.4 Å². The number of hydrogen-bond acceptors (Lipinski definition) is 1. The molecule has 0 bridgehead atoms. The summed E-state index contributed by atoms with van der Waals surface area (Å²) in [6.07, 6.45) is 0. The Balaban J connectivity index is 3.04. The van der Waals surface area contributed by atoms with Crippen LogP contribution >= 0.6 is 27.5 Å². The van der Waals surface area contributed by atoms with E-state index in [-0.39, 0.29) is 10.4 Å². The van der Waals surface area contributed by atoms with E-state index in [1.807, 2.05) is 0 Å². The highest BCUT2D eigenvalue weighted by molar-refractivity contribution is 9.10. The van der Waals surface area contributed by atoms with Crippen molar-refractivity contribution >= 4 is 27.5 Å². The van der Waals surface area contributed by atoms with Gasteiger partial charge in [0.25, 0.3) is 0 Å². The first-order valence-electron chi connectivity index (χ1n) is 2.61. The Morgan fingerprint density at radius 1 is 1.60 bits per heavy atom. The molecule has 4 heteroatoms. The fourth-order valence-electron chi connectivity index (χ4n) is 0.529. The normalized spacial score (nSPS) is 9.90. The number of alkyl halides is 1. The fourth-order valence-corrected chi connectivity index (χ4v) is 1.04. The number of rotatable bonds is 1. The van der Waals surface area contributed by atoms with E-state index < -0.39 is 0 Å². The molecule has 0 amide bonds. The summed E-state index contributed by atoms with van der Waals surface area (Å²) in [4.78, 5) is 3.80. The van der Waals surface area contributed by atoms with Gasteiger partial charge in [-0.25, -0.2) is 9.37 Å². The van der Waals surface area contributed by atoms with Crippen molar-refractivity contribution in [3.05, 3.63) is 28.2 Å². The van der Waals surface area contributed by atoms with Crippen LogP contribution in [0.3, 0.4) is 0 Å². The summed E-state index contributed by atoms with van der Waals surface area (Å²) < 4.78 is 12.7. The molecule has 0 aliphatic rings.